The van der Waals surface area contributed by atoms with Crippen LogP contribution in [0.25, 0.3) is 0 Å². The highest BCUT2D eigenvalue weighted by atomic mass is 35.5. The van der Waals surface area contributed by atoms with E-state index in [-0.39, 0.29) is 11.7 Å². The van der Waals surface area contributed by atoms with Crippen molar-refractivity contribution in [2.75, 3.05) is 19.8 Å². The Kier molecular flexibility index (Phi) is 4.20. The maximum Gasteiger partial charge on any atom is 0.127 e. The van der Waals surface area contributed by atoms with Gasteiger partial charge in [0.1, 0.15) is 11.9 Å². The predicted octanol–water partition coefficient (Wildman–Crippen LogP) is 3.45. The highest BCUT2D eigenvalue weighted by Gasteiger charge is 2.42. The third-order valence-electron chi connectivity index (χ3n) is 4.24. The van der Waals surface area contributed by atoms with Crippen LogP contribution in [0.15, 0.2) is 18.2 Å². The molecule has 3 nitrogen and oxygen atoms in total. The van der Waals surface area contributed by atoms with Crippen LogP contribution in [0.5, 0.6) is 5.75 Å². The normalized spacial score (nSPS) is 29.8. The van der Waals surface area contributed by atoms with Crippen LogP contribution in [0.4, 0.5) is 0 Å². The minimum atomic E-state index is -0.118. The summed E-state index contributed by atoms with van der Waals surface area (Å²) in [5.41, 5.74) is 2.09. The molecule has 3 rings (SSSR count). The molecule has 2 unspecified atom stereocenters. The fourth-order valence-electron chi connectivity index (χ4n) is 3.10. The van der Waals surface area contributed by atoms with Gasteiger partial charge < -0.3 is 14.2 Å². The first-order chi connectivity index (χ1) is 9.72. The van der Waals surface area contributed by atoms with Crippen LogP contribution in [0, 0.1) is 6.92 Å². The van der Waals surface area contributed by atoms with Gasteiger partial charge in [0.05, 0.1) is 24.7 Å². The van der Waals surface area contributed by atoms with E-state index < -0.39 is 0 Å². The van der Waals surface area contributed by atoms with Gasteiger partial charge in [-0.25, -0.2) is 0 Å². The molecule has 0 radical (unpaired) electrons. The van der Waals surface area contributed by atoms with Crippen molar-refractivity contribution in [3.05, 3.63) is 29.3 Å². The summed E-state index contributed by atoms with van der Waals surface area (Å²) in [5, 5.41) is 0. The molecular weight excluding hydrogens is 276 g/mol. The van der Waals surface area contributed by atoms with Crippen molar-refractivity contribution < 1.29 is 14.2 Å². The number of halogens is 1. The van der Waals surface area contributed by atoms with Crippen LogP contribution in [-0.4, -0.2) is 31.5 Å². The van der Waals surface area contributed by atoms with E-state index in [0.29, 0.717) is 12.5 Å². The predicted molar refractivity (Wildman–Crippen MR) is 78.5 cm³/mol. The largest absolute Gasteiger partial charge is 0.490 e. The first-order valence-corrected chi connectivity index (χ1v) is 7.79. The molecular formula is C16H21ClO3. The molecule has 1 aromatic rings. The van der Waals surface area contributed by atoms with Gasteiger partial charge in [0.25, 0.3) is 0 Å². The van der Waals surface area contributed by atoms with Crippen LogP contribution in [0.2, 0.25) is 0 Å². The second kappa shape index (κ2) is 5.92. The Bertz CT molecular complexity index is 469. The van der Waals surface area contributed by atoms with Gasteiger partial charge in [0.2, 0.25) is 0 Å². The first kappa shape index (κ1) is 14.2. The van der Waals surface area contributed by atoms with Gasteiger partial charge in [0, 0.05) is 31.4 Å². The van der Waals surface area contributed by atoms with E-state index in [2.05, 4.69) is 13.0 Å². The third kappa shape index (κ3) is 2.80. The second-order valence-electron chi connectivity index (χ2n) is 5.76. The molecule has 0 saturated carbocycles. The standard InChI is InChI=1S/C16H21ClO3/c1-12-3-2-4-13(10-17)15(12)20-14-5-7-19-16(9-14)6-8-18-11-16/h2-4,14H,5-11H2,1H3. The summed E-state index contributed by atoms with van der Waals surface area (Å²) in [7, 11) is 0. The molecule has 2 heterocycles. The zero-order valence-corrected chi connectivity index (χ0v) is 12.6. The van der Waals surface area contributed by atoms with E-state index in [4.69, 9.17) is 25.8 Å². The molecule has 2 saturated heterocycles. The number of aryl methyl sites for hydroxylation is 1. The van der Waals surface area contributed by atoms with Gasteiger partial charge in [-0.05, 0) is 12.5 Å². The van der Waals surface area contributed by atoms with Crippen LogP contribution < -0.4 is 4.74 Å². The van der Waals surface area contributed by atoms with Crippen molar-refractivity contribution in [3.8, 4) is 5.75 Å². The summed E-state index contributed by atoms with van der Waals surface area (Å²) in [6, 6.07) is 6.12. The molecule has 0 bridgehead atoms. The molecule has 2 aliphatic rings. The fraction of sp³-hybridized carbons (Fsp3) is 0.625. The van der Waals surface area contributed by atoms with Crippen molar-refractivity contribution in [3.63, 3.8) is 0 Å². The molecule has 1 aromatic carbocycles. The summed E-state index contributed by atoms with van der Waals surface area (Å²) in [6.45, 7) is 4.31. The van der Waals surface area contributed by atoms with Crippen LogP contribution >= 0.6 is 11.6 Å². The lowest BCUT2D eigenvalue weighted by Crippen LogP contribution is -2.44. The molecule has 0 N–H and O–H groups in total. The fourth-order valence-corrected chi connectivity index (χ4v) is 3.31. The van der Waals surface area contributed by atoms with Crippen LogP contribution in [0.1, 0.15) is 30.4 Å². The Morgan fingerprint density at radius 3 is 3.05 bits per heavy atom. The van der Waals surface area contributed by atoms with Gasteiger partial charge in [-0.2, -0.15) is 0 Å². The van der Waals surface area contributed by atoms with Crippen molar-refractivity contribution in [2.24, 2.45) is 0 Å². The number of para-hydroxylation sites is 1. The topological polar surface area (TPSA) is 27.7 Å². The Hall–Kier alpha value is -0.770. The van der Waals surface area contributed by atoms with Gasteiger partial charge in [-0.15, -0.1) is 11.6 Å². The number of hydrogen-bond donors (Lipinski definition) is 0. The molecule has 0 amide bonds. The Labute approximate surface area is 125 Å². The van der Waals surface area contributed by atoms with Gasteiger partial charge >= 0.3 is 0 Å². The zero-order valence-electron chi connectivity index (χ0n) is 11.9. The van der Waals surface area contributed by atoms with Crippen molar-refractivity contribution in [1.82, 2.24) is 0 Å². The number of alkyl halides is 1. The van der Waals surface area contributed by atoms with E-state index in [9.17, 15) is 0 Å². The van der Waals surface area contributed by atoms with E-state index in [1.165, 1.54) is 0 Å². The first-order valence-electron chi connectivity index (χ1n) is 7.25. The number of rotatable bonds is 3. The summed E-state index contributed by atoms with van der Waals surface area (Å²) < 4.78 is 17.7. The van der Waals surface area contributed by atoms with Gasteiger partial charge in [0.15, 0.2) is 0 Å². The van der Waals surface area contributed by atoms with E-state index >= 15 is 0 Å². The highest BCUT2D eigenvalue weighted by molar-refractivity contribution is 6.17. The molecule has 20 heavy (non-hydrogen) atoms. The van der Waals surface area contributed by atoms with E-state index in [0.717, 1.165) is 49.4 Å². The maximum absolute atomic E-state index is 6.27. The van der Waals surface area contributed by atoms with Crippen LogP contribution in [0.3, 0.4) is 0 Å². The summed E-state index contributed by atoms with van der Waals surface area (Å²) in [4.78, 5) is 0. The lowest BCUT2D eigenvalue weighted by atomic mass is 9.91. The lowest BCUT2D eigenvalue weighted by molar-refractivity contribution is -0.112. The van der Waals surface area contributed by atoms with Crippen molar-refractivity contribution >= 4 is 11.6 Å². The second-order valence-corrected chi connectivity index (χ2v) is 6.03. The van der Waals surface area contributed by atoms with Gasteiger partial charge in [-0.3, -0.25) is 0 Å². The number of benzene rings is 1. The zero-order chi connectivity index (χ0) is 14.0. The van der Waals surface area contributed by atoms with Crippen molar-refractivity contribution in [1.29, 1.82) is 0 Å². The minimum Gasteiger partial charge on any atom is -0.490 e. The molecule has 4 heteroatoms. The summed E-state index contributed by atoms with van der Waals surface area (Å²) >= 11 is 6.02. The molecule has 2 aliphatic heterocycles. The van der Waals surface area contributed by atoms with Crippen molar-refractivity contribution in [2.45, 2.75) is 43.8 Å². The van der Waals surface area contributed by atoms with E-state index in [1.54, 1.807) is 0 Å². The summed E-state index contributed by atoms with van der Waals surface area (Å²) in [6.07, 6.45) is 3.00. The minimum absolute atomic E-state index is 0.118. The highest BCUT2D eigenvalue weighted by Crippen LogP contribution is 2.36. The smallest absolute Gasteiger partial charge is 0.127 e. The number of ether oxygens (including phenoxy) is 3. The Morgan fingerprint density at radius 1 is 1.40 bits per heavy atom. The Balaban J connectivity index is 1.74. The molecule has 0 aliphatic carbocycles. The number of hydrogen-bond acceptors (Lipinski definition) is 3. The molecule has 1 spiro atoms. The maximum atomic E-state index is 6.27. The molecule has 2 atom stereocenters. The average Bonchev–Trinajstić information content (AvgIpc) is 2.89. The van der Waals surface area contributed by atoms with E-state index in [1.807, 2.05) is 12.1 Å². The molecule has 2 fully saturated rings. The molecule has 0 aromatic heterocycles. The molecule has 110 valence electrons. The lowest BCUT2D eigenvalue weighted by Gasteiger charge is -2.37. The Morgan fingerprint density at radius 2 is 2.30 bits per heavy atom. The van der Waals surface area contributed by atoms with Crippen LogP contribution in [-0.2, 0) is 15.4 Å². The van der Waals surface area contributed by atoms with Gasteiger partial charge in [-0.1, -0.05) is 18.2 Å². The summed E-state index contributed by atoms with van der Waals surface area (Å²) in [5.74, 6) is 1.43. The monoisotopic (exact) mass is 296 g/mol. The third-order valence-corrected chi connectivity index (χ3v) is 4.52. The average molecular weight is 297 g/mol. The quantitative estimate of drug-likeness (QED) is 0.800. The SMILES string of the molecule is Cc1cccc(CCl)c1OC1CCOC2(CCOC2)C1.